The van der Waals surface area contributed by atoms with Crippen LogP contribution in [0.15, 0.2) is 71.6 Å². The van der Waals surface area contributed by atoms with Crippen molar-refractivity contribution in [3.8, 4) is 5.75 Å². The van der Waals surface area contributed by atoms with Gasteiger partial charge in [-0.1, -0.05) is 42.0 Å². The standard InChI is InChI=1S/C23H24N2O4S/c1-16-8-12-20(13-9-16)30(27,28)25-21-14-18(11-10-17(21)2)23(26)24-15-19-6-4-5-7-22(19)29-3/h4-14,25H,15H2,1-3H3,(H,24,26). The molecule has 0 aromatic heterocycles. The highest BCUT2D eigenvalue weighted by molar-refractivity contribution is 7.92. The van der Waals surface area contributed by atoms with Gasteiger partial charge in [-0.15, -0.1) is 0 Å². The molecule has 6 nitrogen and oxygen atoms in total. The van der Waals surface area contributed by atoms with Crippen LogP contribution in [0.3, 0.4) is 0 Å². The molecule has 156 valence electrons. The highest BCUT2D eigenvalue weighted by Crippen LogP contribution is 2.22. The number of sulfonamides is 1. The summed E-state index contributed by atoms with van der Waals surface area (Å²) in [5.74, 6) is 0.380. The Bertz CT molecular complexity index is 1160. The molecule has 0 aliphatic carbocycles. The number of methoxy groups -OCH3 is 1. The zero-order chi connectivity index (χ0) is 21.7. The van der Waals surface area contributed by atoms with Crippen molar-refractivity contribution in [1.82, 2.24) is 5.32 Å². The summed E-state index contributed by atoms with van der Waals surface area (Å²) in [5.41, 5.74) is 3.25. The number of hydrogen-bond acceptors (Lipinski definition) is 4. The van der Waals surface area contributed by atoms with E-state index in [9.17, 15) is 13.2 Å². The minimum atomic E-state index is -3.76. The number of anilines is 1. The van der Waals surface area contributed by atoms with Crippen LogP contribution in [0, 0.1) is 13.8 Å². The van der Waals surface area contributed by atoms with E-state index in [0.29, 0.717) is 29.1 Å². The van der Waals surface area contributed by atoms with Crippen molar-refractivity contribution in [2.24, 2.45) is 0 Å². The average Bonchev–Trinajstić information content (AvgIpc) is 2.74. The van der Waals surface area contributed by atoms with Crippen LogP contribution in [0.4, 0.5) is 5.69 Å². The summed E-state index contributed by atoms with van der Waals surface area (Å²) >= 11 is 0. The van der Waals surface area contributed by atoms with E-state index in [0.717, 1.165) is 11.1 Å². The predicted molar refractivity (Wildman–Crippen MR) is 117 cm³/mol. The first-order chi connectivity index (χ1) is 14.3. The zero-order valence-electron chi connectivity index (χ0n) is 17.1. The fourth-order valence-corrected chi connectivity index (χ4v) is 4.04. The number of hydrogen-bond donors (Lipinski definition) is 2. The highest BCUT2D eigenvalue weighted by Gasteiger charge is 2.17. The van der Waals surface area contributed by atoms with E-state index in [1.54, 1.807) is 56.5 Å². The molecule has 1 amide bonds. The van der Waals surface area contributed by atoms with Gasteiger partial charge in [-0.3, -0.25) is 9.52 Å². The molecule has 0 spiro atoms. The number of para-hydroxylation sites is 1. The number of nitrogens with one attached hydrogen (secondary N) is 2. The molecule has 0 bridgehead atoms. The van der Waals surface area contributed by atoms with Crippen LogP contribution in [-0.2, 0) is 16.6 Å². The largest absolute Gasteiger partial charge is 0.496 e. The number of carbonyl (C=O) groups excluding carboxylic acids is 1. The maximum atomic E-state index is 12.7. The number of amides is 1. The SMILES string of the molecule is COc1ccccc1CNC(=O)c1ccc(C)c(NS(=O)(=O)c2ccc(C)cc2)c1. The van der Waals surface area contributed by atoms with Gasteiger partial charge >= 0.3 is 0 Å². The van der Waals surface area contributed by atoms with Gasteiger partial charge in [-0.05, 0) is 49.7 Å². The summed E-state index contributed by atoms with van der Waals surface area (Å²) in [6.07, 6.45) is 0. The number of benzene rings is 3. The molecule has 0 fully saturated rings. The van der Waals surface area contributed by atoms with E-state index in [2.05, 4.69) is 10.0 Å². The third-order valence-electron chi connectivity index (χ3n) is 4.71. The van der Waals surface area contributed by atoms with Gasteiger partial charge in [0.2, 0.25) is 0 Å². The second-order valence-corrected chi connectivity index (χ2v) is 8.63. The van der Waals surface area contributed by atoms with Crippen molar-refractivity contribution in [3.05, 3.63) is 89.0 Å². The summed E-state index contributed by atoms with van der Waals surface area (Å²) in [4.78, 5) is 12.8. The number of carbonyl (C=O) groups is 1. The van der Waals surface area contributed by atoms with Gasteiger partial charge in [-0.25, -0.2) is 8.42 Å². The molecule has 0 heterocycles. The fourth-order valence-electron chi connectivity index (χ4n) is 2.92. The molecular weight excluding hydrogens is 400 g/mol. The third kappa shape index (κ3) is 4.99. The predicted octanol–water partition coefficient (Wildman–Crippen LogP) is 4.04. The van der Waals surface area contributed by atoms with Crippen molar-refractivity contribution in [3.63, 3.8) is 0 Å². The minimum Gasteiger partial charge on any atom is -0.496 e. The number of ether oxygens (including phenoxy) is 1. The normalized spacial score (nSPS) is 11.0. The summed E-state index contributed by atoms with van der Waals surface area (Å²) in [6.45, 7) is 3.96. The first-order valence-corrected chi connectivity index (χ1v) is 10.9. The first-order valence-electron chi connectivity index (χ1n) is 9.40. The Hall–Kier alpha value is -3.32. The maximum Gasteiger partial charge on any atom is 0.261 e. The lowest BCUT2D eigenvalue weighted by molar-refractivity contribution is 0.0950. The molecule has 3 aromatic carbocycles. The van der Waals surface area contributed by atoms with Crippen molar-refractivity contribution in [2.75, 3.05) is 11.8 Å². The molecule has 0 unspecified atom stereocenters. The van der Waals surface area contributed by atoms with E-state index in [4.69, 9.17) is 4.74 Å². The van der Waals surface area contributed by atoms with Crippen molar-refractivity contribution < 1.29 is 17.9 Å². The summed E-state index contributed by atoms with van der Waals surface area (Å²) < 4.78 is 33.3. The van der Waals surface area contributed by atoms with Gasteiger partial charge in [0.05, 0.1) is 17.7 Å². The van der Waals surface area contributed by atoms with E-state index in [1.807, 2.05) is 31.2 Å². The average molecular weight is 425 g/mol. The topological polar surface area (TPSA) is 84.5 Å². The van der Waals surface area contributed by atoms with Gasteiger partial charge in [0.1, 0.15) is 5.75 Å². The van der Waals surface area contributed by atoms with E-state index in [1.165, 1.54) is 0 Å². The Morgan fingerprint density at radius 1 is 0.967 bits per heavy atom. The lowest BCUT2D eigenvalue weighted by Crippen LogP contribution is -2.23. The monoisotopic (exact) mass is 424 g/mol. The first kappa shape index (κ1) is 21.4. The zero-order valence-corrected chi connectivity index (χ0v) is 17.9. The molecule has 0 aliphatic heterocycles. The third-order valence-corrected chi connectivity index (χ3v) is 6.09. The van der Waals surface area contributed by atoms with E-state index in [-0.39, 0.29) is 10.8 Å². The van der Waals surface area contributed by atoms with Gasteiger partial charge in [0.15, 0.2) is 0 Å². The Kier molecular flexibility index (Phi) is 6.42. The van der Waals surface area contributed by atoms with Crippen LogP contribution < -0.4 is 14.8 Å². The molecule has 0 radical (unpaired) electrons. The molecule has 30 heavy (non-hydrogen) atoms. The van der Waals surface area contributed by atoms with Crippen molar-refractivity contribution >= 4 is 21.6 Å². The molecule has 0 atom stereocenters. The fraction of sp³-hybridized carbons (Fsp3) is 0.174. The molecule has 7 heteroatoms. The van der Waals surface area contributed by atoms with Crippen LogP contribution in [0.1, 0.15) is 27.0 Å². The smallest absolute Gasteiger partial charge is 0.261 e. The summed E-state index contributed by atoms with van der Waals surface area (Å²) in [5, 5.41) is 2.84. The molecule has 0 aliphatic rings. The molecular formula is C23H24N2O4S. The summed E-state index contributed by atoms with van der Waals surface area (Å²) in [7, 11) is -2.18. The summed E-state index contributed by atoms with van der Waals surface area (Å²) in [6, 6.07) is 18.9. The van der Waals surface area contributed by atoms with Crippen molar-refractivity contribution in [2.45, 2.75) is 25.3 Å². The molecule has 3 aromatic rings. The van der Waals surface area contributed by atoms with Gasteiger partial charge in [0.25, 0.3) is 15.9 Å². The van der Waals surface area contributed by atoms with Gasteiger partial charge in [0, 0.05) is 17.7 Å². The lowest BCUT2D eigenvalue weighted by Gasteiger charge is -2.13. The van der Waals surface area contributed by atoms with Gasteiger partial charge < -0.3 is 10.1 Å². The van der Waals surface area contributed by atoms with E-state index >= 15 is 0 Å². The minimum absolute atomic E-state index is 0.165. The van der Waals surface area contributed by atoms with Crippen LogP contribution >= 0.6 is 0 Å². The van der Waals surface area contributed by atoms with Crippen LogP contribution in [0.2, 0.25) is 0 Å². The maximum absolute atomic E-state index is 12.7. The highest BCUT2D eigenvalue weighted by atomic mass is 32.2. The number of rotatable bonds is 7. The van der Waals surface area contributed by atoms with Gasteiger partial charge in [-0.2, -0.15) is 0 Å². The molecule has 3 rings (SSSR count). The van der Waals surface area contributed by atoms with Crippen LogP contribution in [-0.4, -0.2) is 21.4 Å². The second kappa shape index (κ2) is 9.00. The molecule has 0 saturated carbocycles. The second-order valence-electron chi connectivity index (χ2n) is 6.94. The molecule has 2 N–H and O–H groups in total. The Morgan fingerprint density at radius 2 is 1.67 bits per heavy atom. The molecule has 0 saturated heterocycles. The van der Waals surface area contributed by atoms with E-state index < -0.39 is 10.0 Å². The quantitative estimate of drug-likeness (QED) is 0.599. The van der Waals surface area contributed by atoms with Crippen molar-refractivity contribution in [1.29, 1.82) is 0 Å². The Morgan fingerprint density at radius 3 is 2.37 bits per heavy atom. The Labute approximate surface area is 177 Å². The Balaban J connectivity index is 1.77. The number of aryl methyl sites for hydroxylation is 2. The lowest BCUT2D eigenvalue weighted by atomic mass is 10.1. The van der Waals surface area contributed by atoms with Crippen LogP contribution in [0.25, 0.3) is 0 Å². The van der Waals surface area contributed by atoms with Crippen LogP contribution in [0.5, 0.6) is 5.75 Å².